The molecule has 0 unspecified atom stereocenters. The molecule has 1 aromatic carbocycles. The Hall–Kier alpha value is -1.70. The Morgan fingerprint density at radius 3 is 2.55 bits per heavy atom. The van der Waals surface area contributed by atoms with Gasteiger partial charge in [0, 0.05) is 18.3 Å². The van der Waals surface area contributed by atoms with Gasteiger partial charge in [-0.05, 0) is 39.8 Å². The molecule has 0 saturated heterocycles. The highest BCUT2D eigenvalue weighted by Crippen LogP contribution is 2.29. The average molecular weight is 340 g/mol. The van der Waals surface area contributed by atoms with Crippen LogP contribution in [0.4, 0.5) is 5.69 Å². The topological polar surface area (TPSA) is 56.1 Å². The molecule has 0 spiro atoms. The number of carbonyl (C=O) groups excluding carboxylic acids is 1. The van der Waals surface area contributed by atoms with Gasteiger partial charge >= 0.3 is 0 Å². The molecule has 1 rings (SSSR count). The number of nitrogens with one attached hydrogen (secondary N) is 1. The number of hydrogen-bond donors (Lipinski definition) is 1. The predicted octanol–water partition coefficient (Wildman–Crippen LogP) is 4.46. The number of carbonyl (C=O) groups is 1. The second-order valence-electron chi connectivity index (χ2n) is 5.67. The van der Waals surface area contributed by atoms with Crippen LogP contribution in [0.15, 0.2) is 30.0 Å². The second kappa shape index (κ2) is 7.53. The van der Waals surface area contributed by atoms with Gasteiger partial charge in [0.25, 0.3) is 5.91 Å². The maximum Gasteiger partial charge on any atom is 0.267 e. The Labute approximate surface area is 141 Å². The van der Waals surface area contributed by atoms with E-state index in [2.05, 4.69) is 5.32 Å². The molecule has 0 atom stereocenters. The van der Waals surface area contributed by atoms with Gasteiger partial charge in [-0.25, -0.2) is 0 Å². The largest absolute Gasteiger partial charge is 0.372 e. The number of nitrogens with zero attached hydrogens (tertiary/aromatic N) is 2. The van der Waals surface area contributed by atoms with Crippen molar-refractivity contribution in [2.45, 2.75) is 33.2 Å². The first-order valence-electron chi connectivity index (χ1n) is 6.84. The summed E-state index contributed by atoms with van der Waals surface area (Å²) in [4.78, 5) is 14.2. The van der Waals surface area contributed by atoms with Gasteiger partial charge < -0.3 is 10.2 Å². The number of nitriles is 1. The van der Waals surface area contributed by atoms with Crippen molar-refractivity contribution in [2.75, 3.05) is 11.9 Å². The van der Waals surface area contributed by atoms with Crippen LogP contribution in [-0.4, -0.2) is 22.9 Å². The molecule has 6 heteroatoms. The molecule has 0 radical (unpaired) electrons. The molecule has 118 valence electrons. The SMILES string of the molecule is CCN(/C=C(/C#N)C(=O)Nc1cccc(Cl)c1Cl)C(C)(C)C. The molecule has 4 nitrogen and oxygen atoms in total. The molecule has 22 heavy (non-hydrogen) atoms. The van der Waals surface area contributed by atoms with Gasteiger partial charge in [0.2, 0.25) is 0 Å². The number of halogens is 2. The standard InChI is InChI=1S/C16H19Cl2N3O/c1-5-21(16(2,3)4)10-11(9-19)15(22)20-13-8-6-7-12(17)14(13)18/h6-8,10H,5H2,1-4H3,(H,20,22)/b11-10-. The third kappa shape index (κ3) is 4.66. The minimum atomic E-state index is -0.519. The van der Waals surface area contributed by atoms with Gasteiger partial charge in [-0.15, -0.1) is 0 Å². The summed E-state index contributed by atoms with van der Waals surface area (Å²) in [6.07, 6.45) is 1.56. The molecule has 0 aliphatic heterocycles. The van der Waals surface area contributed by atoms with Crippen LogP contribution in [-0.2, 0) is 4.79 Å². The van der Waals surface area contributed by atoms with E-state index in [4.69, 9.17) is 23.2 Å². The van der Waals surface area contributed by atoms with Crippen LogP contribution in [0.5, 0.6) is 0 Å². The number of rotatable bonds is 4. The van der Waals surface area contributed by atoms with Gasteiger partial charge in [0.05, 0.1) is 15.7 Å². The summed E-state index contributed by atoms with van der Waals surface area (Å²) in [5, 5.41) is 12.4. The average Bonchev–Trinajstić information content (AvgIpc) is 2.43. The molecule has 1 amide bonds. The Balaban J connectivity index is 3.03. The van der Waals surface area contributed by atoms with E-state index in [0.717, 1.165) is 0 Å². The van der Waals surface area contributed by atoms with Gasteiger partial charge in [-0.2, -0.15) is 5.26 Å². The molecule has 0 bridgehead atoms. The fourth-order valence-electron chi connectivity index (χ4n) is 1.84. The summed E-state index contributed by atoms with van der Waals surface area (Å²) in [7, 11) is 0. The highest BCUT2D eigenvalue weighted by molar-refractivity contribution is 6.44. The van der Waals surface area contributed by atoms with Gasteiger partial charge in [-0.3, -0.25) is 4.79 Å². The van der Waals surface area contributed by atoms with Crippen molar-refractivity contribution in [3.8, 4) is 6.07 Å². The highest BCUT2D eigenvalue weighted by atomic mass is 35.5. The van der Waals surface area contributed by atoms with E-state index in [1.54, 1.807) is 24.4 Å². The molecule has 0 aliphatic carbocycles. The van der Waals surface area contributed by atoms with E-state index in [9.17, 15) is 10.1 Å². The Kier molecular flexibility index (Phi) is 6.28. The van der Waals surface area contributed by atoms with Crippen molar-refractivity contribution < 1.29 is 4.79 Å². The molecule has 0 saturated carbocycles. The van der Waals surface area contributed by atoms with Crippen LogP contribution in [0.25, 0.3) is 0 Å². The maximum atomic E-state index is 12.3. The van der Waals surface area contributed by atoms with Crippen LogP contribution >= 0.6 is 23.2 Å². The first-order chi connectivity index (χ1) is 10.2. The monoisotopic (exact) mass is 339 g/mol. The van der Waals surface area contributed by atoms with E-state index in [1.807, 2.05) is 38.7 Å². The third-order valence-corrected chi connectivity index (χ3v) is 3.87. The van der Waals surface area contributed by atoms with Crippen molar-refractivity contribution in [2.24, 2.45) is 0 Å². The quantitative estimate of drug-likeness (QED) is 0.650. The zero-order chi connectivity index (χ0) is 16.9. The van der Waals surface area contributed by atoms with Crippen molar-refractivity contribution in [3.05, 3.63) is 40.0 Å². The molecule has 1 N–H and O–H groups in total. The first kappa shape index (κ1) is 18.3. The number of amides is 1. The summed E-state index contributed by atoms with van der Waals surface area (Å²) in [5.74, 6) is -0.519. The summed E-state index contributed by atoms with van der Waals surface area (Å²) < 4.78 is 0. The molecular formula is C16H19Cl2N3O. The van der Waals surface area contributed by atoms with E-state index >= 15 is 0 Å². The molecule has 0 heterocycles. The lowest BCUT2D eigenvalue weighted by atomic mass is 10.1. The minimum absolute atomic E-state index is 0.00724. The lowest BCUT2D eigenvalue weighted by Crippen LogP contribution is -2.37. The minimum Gasteiger partial charge on any atom is -0.372 e. The third-order valence-electron chi connectivity index (χ3n) is 3.05. The molecule has 0 aliphatic rings. The summed E-state index contributed by atoms with van der Waals surface area (Å²) in [5.41, 5.74) is 0.192. The van der Waals surface area contributed by atoms with Crippen molar-refractivity contribution in [3.63, 3.8) is 0 Å². The highest BCUT2D eigenvalue weighted by Gasteiger charge is 2.20. The van der Waals surface area contributed by atoms with Crippen LogP contribution in [0, 0.1) is 11.3 Å². The molecule has 1 aromatic rings. The Morgan fingerprint density at radius 2 is 2.05 bits per heavy atom. The van der Waals surface area contributed by atoms with Crippen molar-refractivity contribution in [1.29, 1.82) is 5.26 Å². The Morgan fingerprint density at radius 1 is 1.41 bits per heavy atom. The maximum absolute atomic E-state index is 12.3. The number of anilines is 1. The molecule has 0 aromatic heterocycles. The second-order valence-corrected chi connectivity index (χ2v) is 6.45. The summed E-state index contributed by atoms with van der Waals surface area (Å²) >= 11 is 11.9. The van der Waals surface area contributed by atoms with E-state index in [0.29, 0.717) is 17.3 Å². The van der Waals surface area contributed by atoms with E-state index in [-0.39, 0.29) is 16.1 Å². The lowest BCUT2D eigenvalue weighted by molar-refractivity contribution is -0.112. The number of benzene rings is 1. The molecule has 0 fully saturated rings. The predicted molar refractivity (Wildman–Crippen MR) is 90.9 cm³/mol. The zero-order valence-electron chi connectivity index (χ0n) is 13.1. The lowest BCUT2D eigenvalue weighted by Gasteiger charge is -2.33. The normalized spacial score (nSPS) is 11.8. The summed E-state index contributed by atoms with van der Waals surface area (Å²) in [6, 6.07) is 6.85. The van der Waals surface area contributed by atoms with E-state index < -0.39 is 5.91 Å². The fourth-order valence-corrected chi connectivity index (χ4v) is 2.19. The first-order valence-corrected chi connectivity index (χ1v) is 7.60. The zero-order valence-corrected chi connectivity index (χ0v) is 14.6. The van der Waals surface area contributed by atoms with E-state index in [1.165, 1.54) is 0 Å². The van der Waals surface area contributed by atoms with Crippen LogP contribution < -0.4 is 5.32 Å². The fraction of sp³-hybridized carbons (Fsp3) is 0.375. The van der Waals surface area contributed by atoms with Crippen LogP contribution in [0.2, 0.25) is 10.0 Å². The van der Waals surface area contributed by atoms with Crippen LogP contribution in [0.1, 0.15) is 27.7 Å². The van der Waals surface area contributed by atoms with Gasteiger partial charge in [0.15, 0.2) is 0 Å². The van der Waals surface area contributed by atoms with Crippen molar-refractivity contribution in [1.82, 2.24) is 4.90 Å². The van der Waals surface area contributed by atoms with Crippen LogP contribution in [0.3, 0.4) is 0 Å². The van der Waals surface area contributed by atoms with Gasteiger partial charge in [-0.1, -0.05) is 29.3 Å². The molecular weight excluding hydrogens is 321 g/mol. The van der Waals surface area contributed by atoms with Crippen molar-refractivity contribution >= 4 is 34.8 Å². The summed E-state index contributed by atoms with van der Waals surface area (Å²) in [6.45, 7) is 8.66. The van der Waals surface area contributed by atoms with Gasteiger partial charge in [0.1, 0.15) is 11.6 Å². The smallest absolute Gasteiger partial charge is 0.267 e. The number of hydrogen-bond acceptors (Lipinski definition) is 3. The Bertz CT molecular complexity index is 627.